The van der Waals surface area contributed by atoms with Crippen molar-refractivity contribution in [3.63, 3.8) is 0 Å². The van der Waals surface area contributed by atoms with Gasteiger partial charge in [0.25, 0.3) is 0 Å². The molecule has 0 amide bonds. The normalized spacial score (nSPS) is 14.4. The number of aliphatic hydroxyl groups is 1. The van der Waals surface area contributed by atoms with Gasteiger partial charge in [-0.25, -0.2) is 9.13 Å². The van der Waals surface area contributed by atoms with E-state index in [1.54, 1.807) is 0 Å². The van der Waals surface area contributed by atoms with E-state index in [1.807, 2.05) is 0 Å². The predicted octanol–water partition coefficient (Wildman–Crippen LogP) is 21.2. The maximum absolute atomic E-state index is 13.1. The molecule has 17 nitrogen and oxygen atoms in total. The van der Waals surface area contributed by atoms with Crippen LogP contribution < -0.4 is 0 Å². The lowest BCUT2D eigenvalue weighted by Gasteiger charge is -2.21. The smallest absolute Gasteiger partial charge is 0.462 e. The maximum Gasteiger partial charge on any atom is 0.472 e. The number of esters is 4. The van der Waals surface area contributed by atoms with Crippen LogP contribution in [0.5, 0.6) is 0 Å². The Kier molecular flexibility index (Phi) is 63.7. The zero-order valence-electron chi connectivity index (χ0n) is 59.9. The van der Waals surface area contributed by atoms with Crippen LogP contribution in [0.4, 0.5) is 0 Å². The Morgan fingerprint density at radius 2 is 0.554 bits per heavy atom. The van der Waals surface area contributed by atoms with E-state index in [2.05, 4.69) is 41.5 Å². The molecule has 0 aliphatic heterocycles. The van der Waals surface area contributed by atoms with Crippen molar-refractivity contribution >= 4 is 39.5 Å². The number of carbonyl (C=O) groups is 4. The Hall–Kier alpha value is -1.94. The Morgan fingerprint density at radius 1 is 0.315 bits per heavy atom. The molecule has 3 N–H and O–H groups in total. The fourth-order valence-corrected chi connectivity index (χ4v) is 12.7. The van der Waals surface area contributed by atoms with Crippen molar-refractivity contribution in [1.82, 2.24) is 0 Å². The third-order valence-electron chi connectivity index (χ3n) is 17.3. The molecule has 0 fully saturated rings. The van der Waals surface area contributed by atoms with Crippen LogP contribution >= 0.6 is 15.6 Å². The maximum atomic E-state index is 13.1. The fourth-order valence-electron chi connectivity index (χ4n) is 11.1. The summed E-state index contributed by atoms with van der Waals surface area (Å²) in [4.78, 5) is 72.5. The van der Waals surface area contributed by atoms with Crippen molar-refractivity contribution in [2.75, 3.05) is 39.6 Å². The number of phosphoric acid groups is 2. The Balaban J connectivity index is 5.18. The molecule has 0 radical (unpaired) electrons. The number of hydrogen-bond donors (Lipinski definition) is 3. The number of phosphoric ester groups is 2. The molecular formula is C73H142O17P2. The fraction of sp³-hybridized carbons (Fsp3) is 0.945. The van der Waals surface area contributed by atoms with Crippen molar-refractivity contribution in [2.24, 2.45) is 11.8 Å². The molecule has 19 heteroatoms. The number of ether oxygens (including phenoxy) is 4. The van der Waals surface area contributed by atoms with Crippen molar-refractivity contribution in [2.45, 2.75) is 394 Å². The van der Waals surface area contributed by atoms with E-state index in [0.717, 1.165) is 115 Å². The van der Waals surface area contributed by atoms with Crippen LogP contribution in [0.15, 0.2) is 0 Å². The van der Waals surface area contributed by atoms with E-state index in [9.17, 15) is 43.2 Å². The van der Waals surface area contributed by atoms with E-state index in [1.165, 1.54) is 180 Å². The quantitative estimate of drug-likeness (QED) is 0.0222. The zero-order chi connectivity index (χ0) is 67.9. The summed E-state index contributed by atoms with van der Waals surface area (Å²) in [7, 11) is -9.90. The molecule has 0 aliphatic rings. The topological polar surface area (TPSA) is 237 Å². The molecule has 3 unspecified atom stereocenters. The average molecular weight is 1350 g/mol. The second-order valence-corrected chi connectivity index (χ2v) is 30.0. The molecule has 0 saturated carbocycles. The summed E-state index contributed by atoms with van der Waals surface area (Å²) >= 11 is 0. The third-order valence-corrected chi connectivity index (χ3v) is 19.2. The van der Waals surface area contributed by atoms with Gasteiger partial charge in [-0.1, -0.05) is 324 Å². The van der Waals surface area contributed by atoms with E-state index in [-0.39, 0.29) is 25.7 Å². The molecule has 546 valence electrons. The van der Waals surface area contributed by atoms with Crippen molar-refractivity contribution in [3.05, 3.63) is 0 Å². The average Bonchev–Trinajstić information content (AvgIpc) is 3.10. The van der Waals surface area contributed by atoms with Gasteiger partial charge in [-0.3, -0.25) is 37.3 Å². The summed E-state index contributed by atoms with van der Waals surface area (Å²) < 4.78 is 68.3. The van der Waals surface area contributed by atoms with Gasteiger partial charge in [0.2, 0.25) is 0 Å². The van der Waals surface area contributed by atoms with Crippen molar-refractivity contribution in [3.8, 4) is 0 Å². The highest BCUT2D eigenvalue weighted by molar-refractivity contribution is 7.47. The van der Waals surface area contributed by atoms with Crippen LogP contribution in [0.3, 0.4) is 0 Å². The standard InChI is InChI=1S/C73H142O17P2/c1-7-10-12-14-16-17-32-39-45-51-57-72(77)89-68(61-83-70(75)55-49-43-35-15-13-11-8-2)63-87-91(79,80)85-59-67(74)60-86-92(81,82)88-64-69(62-84-71(76)56-50-44-38-33-28-24-20-18-22-26-30-36-41-47-53-65(4)5)90-73(78)58-52-46-40-34-29-25-21-19-23-27-31-37-42-48-54-66(6)9-3/h65-69,74H,7-64H2,1-6H3,(H,79,80)(H,81,82)/t66?,67-,68+,69+/m0/s1. The molecule has 0 aromatic heterocycles. The lowest BCUT2D eigenvalue weighted by molar-refractivity contribution is -0.161. The van der Waals surface area contributed by atoms with Gasteiger partial charge in [-0.05, 0) is 37.5 Å². The Labute approximate surface area is 562 Å². The van der Waals surface area contributed by atoms with Crippen LogP contribution in [0, 0.1) is 11.8 Å². The SMILES string of the molecule is CCCCCCCCCCCCC(=O)O[C@H](COC(=O)CCCCCCCCC)COP(=O)(O)OC[C@H](O)COP(=O)(O)OC[C@@H](COC(=O)CCCCCCCCCCCCCCCCC(C)C)OC(=O)CCCCCCCCCCCCCCCCC(C)CC. The number of rotatable bonds is 72. The van der Waals surface area contributed by atoms with Crippen molar-refractivity contribution in [1.29, 1.82) is 0 Å². The first-order valence-corrected chi connectivity index (χ1v) is 41.0. The van der Waals surface area contributed by atoms with Gasteiger partial charge in [0.05, 0.1) is 26.4 Å². The summed E-state index contributed by atoms with van der Waals surface area (Å²) in [6, 6.07) is 0. The van der Waals surface area contributed by atoms with E-state index in [4.69, 9.17) is 37.0 Å². The number of hydrogen-bond acceptors (Lipinski definition) is 15. The first kappa shape index (κ1) is 90.1. The summed E-state index contributed by atoms with van der Waals surface area (Å²) in [6.07, 6.45) is 51.4. The zero-order valence-corrected chi connectivity index (χ0v) is 61.6. The number of carbonyl (C=O) groups excluding carboxylic acids is 4. The second kappa shape index (κ2) is 65.0. The van der Waals surface area contributed by atoms with Gasteiger partial charge in [0, 0.05) is 25.7 Å². The molecule has 92 heavy (non-hydrogen) atoms. The predicted molar refractivity (Wildman–Crippen MR) is 372 cm³/mol. The van der Waals surface area contributed by atoms with E-state index >= 15 is 0 Å². The highest BCUT2D eigenvalue weighted by Gasteiger charge is 2.30. The molecule has 0 bridgehead atoms. The molecule has 6 atom stereocenters. The lowest BCUT2D eigenvalue weighted by atomic mass is 9.99. The van der Waals surface area contributed by atoms with Gasteiger partial charge >= 0.3 is 39.5 Å². The number of unbranched alkanes of at least 4 members (excludes halogenated alkanes) is 41. The molecule has 0 spiro atoms. The van der Waals surface area contributed by atoms with E-state index < -0.39 is 97.5 Å². The first-order valence-electron chi connectivity index (χ1n) is 38.0. The monoisotopic (exact) mass is 1350 g/mol. The van der Waals surface area contributed by atoms with Gasteiger partial charge in [-0.2, -0.15) is 0 Å². The minimum absolute atomic E-state index is 0.106. The molecule has 0 heterocycles. The first-order chi connectivity index (χ1) is 44.4. The van der Waals surface area contributed by atoms with Gasteiger partial charge in [0.1, 0.15) is 19.3 Å². The minimum atomic E-state index is -4.95. The van der Waals surface area contributed by atoms with E-state index in [0.29, 0.717) is 25.7 Å². The highest BCUT2D eigenvalue weighted by Crippen LogP contribution is 2.45. The van der Waals surface area contributed by atoms with Crippen LogP contribution in [-0.4, -0.2) is 96.7 Å². The third kappa shape index (κ3) is 65.4. The molecule has 0 rings (SSSR count). The Morgan fingerprint density at radius 3 is 0.826 bits per heavy atom. The minimum Gasteiger partial charge on any atom is -0.462 e. The van der Waals surface area contributed by atoms with Crippen molar-refractivity contribution < 1.29 is 80.2 Å². The molecule has 0 aliphatic carbocycles. The number of aliphatic hydroxyl groups excluding tert-OH is 1. The second-order valence-electron chi connectivity index (χ2n) is 27.1. The summed E-state index contributed by atoms with van der Waals surface area (Å²) in [5.74, 6) is -0.479. The van der Waals surface area contributed by atoms with Gasteiger partial charge in [-0.15, -0.1) is 0 Å². The Bertz CT molecular complexity index is 1790. The lowest BCUT2D eigenvalue weighted by Crippen LogP contribution is -2.30. The molecule has 0 saturated heterocycles. The van der Waals surface area contributed by atoms with Crippen LogP contribution in [0.2, 0.25) is 0 Å². The van der Waals surface area contributed by atoms with Gasteiger partial charge < -0.3 is 33.8 Å². The largest absolute Gasteiger partial charge is 0.472 e. The summed E-state index contributed by atoms with van der Waals surface area (Å²) in [5.41, 5.74) is 0. The van der Waals surface area contributed by atoms with Crippen LogP contribution in [0.1, 0.15) is 375 Å². The molecule has 0 aromatic carbocycles. The highest BCUT2D eigenvalue weighted by atomic mass is 31.2. The molecular weight excluding hydrogens is 1210 g/mol. The molecule has 0 aromatic rings. The van der Waals surface area contributed by atoms with Gasteiger partial charge in [0.15, 0.2) is 12.2 Å². The summed E-state index contributed by atoms with van der Waals surface area (Å²) in [6.45, 7) is 9.60. The van der Waals surface area contributed by atoms with Crippen LogP contribution in [0.25, 0.3) is 0 Å². The summed E-state index contributed by atoms with van der Waals surface area (Å²) in [5, 5.41) is 10.6. The van der Waals surface area contributed by atoms with Crippen LogP contribution in [-0.2, 0) is 65.4 Å².